The Bertz CT molecular complexity index is 899. The lowest BCUT2D eigenvalue weighted by molar-refractivity contribution is -0.121. The van der Waals surface area contributed by atoms with Crippen LogP contribution in [0.1, 0.15) is 18.1 Å². The molecular weight excluding hydrogens is 342 g/mol. The van der Waals surface area contributed by atoms with Crippen LogP contribution in [0, 0.1) is 0 Å². The van der Waals surface area contributed by atoms with Gasteiger partial charge in [-0.1, -0.05) is 49.1 Å². The zero-order valence-electron chi connectivity index (χ0n) is 13.4. The van der Waals surface area contributed by atoms with Gasteiger partial charge in [-0.3, -0.25) is 14.5 Å². The van der Waals surface area contributed by atoms with Crippen LogP contribution in [0.4, 0.5) is 0 Å². The molecule has 0 atom stereocenters. The lowest BCUT2D eigenvalue weighted by Gasteiger charge is -2.06. The molecule has 124 valence electrons. The number of rotatable bonds is 4. The lowest BCUT2D eigenvalue weighted by Crippen LogP contribution is -2.22. The Balaban J connectivity index is 2.17. The molecule has 0 bridgehead atoms. The molecule has 0 aliphatic carbocycles. The summed E-state index contributed by atoms with van der Waals surface area (Å²) in [5.74, 6) is -0.503. The summed E-state index contributed by atoms with van der Waals surface area (Å²) in [4.78, 5) is 25.7. The third-order valence-corrected chi connectivity index (χ3v) is 5.48. The van der Waals surface area contributed by atoms with Crippen molar-refractivity contribution in [2.45, 2.75) is 19.9 Å². The highest BCUT2D eigenvalue weighted by atomic mass is 32.2. The van der Waals surface area contributed by atoms with Gasteiger partial charge in [-0.25, -0.2) is 0 Å². The van der Waals surface area contributed by atoms with Crippen LogP contribution in [0.3, 0.4) is 0 Å². The van der Waals surface area contributed by atoms with Gasteiger partial charge in [0.25, 0.3) is 5.91 Å². The summed E-state index contributed by atoms with van der Waals surface area (Å²) in [5.41, 5.74) is 8.38. The molecule has 2 heterocycles. The van der Waals surface area contributed by atoms with Crippen molar-refractivity contribution in [1.29, 1.82) is 0 Å². The molecule has 1 fully saturated rings. The number of carbonyl (C=O) groups is 2. The quantitative estimate of drug-likeness (QED) is 0.673. The van der Waals surface area contributed by atoms with E-state index in [0.29, 0.717) is 9.23 Å². The van der Waals surface area contributed by atoms with Gasteiger partial charge in [-0.15, -0.1) is 0 Å². The number of likely N-dealkylation sites (N-methyl/N-ethyl adjacent to an activating group) is 1. The summed E-state index contributed by atoms with van der Waals surface area (Å²) < 4.78 is 2.40. The summed E-state index contributed by atoms with van der Waals surface area (Å²) in [7, 11) is 1.67. The van der Waals surface area contributed by atoms with E-state index in [1.165, 1.54) is 16.7 Å². The fourth-order valence-corrected chi connectivity index (χ4v) is 4.02. The molecule has 2 aromatic rings. The van der Waals surface area contributed by atoms with Crippen molar-refractivity contribution in [2.24, 2.45) is 5.73 Å². The van der Waals surface area contributed by atoms with Crippen molar-refractivity contribution in [3.8, 4) is 0 Å². The van der Waals surface area contributed by atoms with Crippen LogP contribution in [0.25, 0.3) is 17.0 Å². The van der Waals surface area contributed by atoms with E-state index < -0.39 is 5.91 Å². The fraction of sp³-hybridized carbons (Fsp3) is 0.235. The molecule has 1 aromatic carbocycles. The van der Waals surface area contributed by atoms with Crippen LogP contribution in [-0.2, 0) is 22.6 Å². The molecule has 3 rings (SSSR count). The third-order valence-electron chi connectivity index (χ3n) is 3.99. The molecule has 7 heteroatoms. The number of thioether (sulfide) groups is 1. The van der Waals surface area contributed by atoms with E-state index in [4.69, 9.17) is 18.0 Å². The first-order chi connectivity index (χ1) is 11.4. The van der Waals surface area contributed by atoms with Crippen molar-refractivity contribution in [2.75, 3.05) is 7.05 Å². The minimum atomic E-state index is -0.399. The summed E-state index contributed by atoms with van der Waals surface area (Å²) in [6.07, 6.45) is 4.55. The normalized spacial score (nSPS) is 16.6. The second-order valence-electron chi connectivity index (χ2n) is 5.59. The van der Waals surface area contributed by atoms with E-state index in [-0.39, 0.29) is 12.5 Å². The maximum atomic E-state index is 12.2. The number of carbonyl (C=O) groups excluding carboxylic acids is 2. The highest BCUT2D eigenvalue weighted by Gasteiger charge is 2.29. The van der Waals surface area contributed by atoms with E-state index in [1.54, 1.807) is 7.05 Å². The molecule has 2 N–H and O–H groups in total. The van der Waals surface area contributed by atoms with Gasteiger partial charge in [0.2, 0.25) is 5.91 Å². The molecule has 1 aliphatic rings. The van der Waals surface area contributed by atoms with Gasteiger partial charge in [-0.2, -0.15) is 0 Å². The summed E-state index contributed by atoms with van der Waals surface area (Å²) in [6.45, 7) is 2.17. The highest BCUT2D eigenvalue weighted by molar-refractivity contribution is 8.26. The van der Waals surface area contributed by atoms with Crippen molar-refractivity contribution >= 4 is 57.1 Å². The number of aromatic nitrogens is 1. The van der Waals surface area contributed by atoms with Crippen LogP contribution in [-0.4, -0.2) is 32.6 Å². The Kier molecular flexibility index (Phi) is 4.47. The van der Waals surface area contributed by atoms with E-state index in [2.05, 4.69) is 6.92 Å². The molecule has 1 aromatic heterocycles. The predicted molar refractivity (Wildman–Crippen MR) is 101 cm³/mol. The van der Waals surface area contributed by atoms with Crippen LogP contribution < -0.4 is 5.73 Å². The molecule has 0 spiro atoms. The molecule has 24 heavy (non-hydrogen) atoms. The van der Waals surface area contributed by atoms with E-state index >= 15 is 0 Å². The molecule has 1 aliphatic heterocycles. The highest BCUT2D eigenvalue weighted by Crippen LogP contribution is 2.34. The third kappa shape index (κ3) is 2.85. The van der Waals surface area contributed by atoms with Gasteiger partial charge >= 0.3 is 0 Å². The van der Waals surface area contributed by atoms with E-state index in [9.17, 15) is 9.59 Å². The van der Waals surface area contributed by atoms with Crippen molar-refractivity contribution < 1.29 is 9.59 Å². The Morgan fingerprint density at radius 2 is 2.17 bits per heavy atom. The van der Waals surface area contributed by atoms with Gasteiger partial charge < -0.3 is 10.3 Å². The first kappa shape index (κ1) is 16.7. The van der Waals surface area contributed by atoms with Crippen LogP contribution in [0.15, 0.2) is 29.3 Å². The van der Waals surface area contributed by atoms with Crippen molar-refractivity contribution in [1.82, 2.24) is 9.47 Å². The SMILES string of the molecule is CCc1cccc2c(/C=C3\SC(=S)N(C)C3=O)cn(CC(N)=O)c12. The minimum Gasteiger partial charge on any atom is -0.368 e. The van der Waals surface area contributed by atoms with Crippen LogP contribution in [0.5, 0.6) is 0 Å². The number of hydrogen-bond acceptors (Lipinski definition) is 4. The van der Waals surface area contributed by atoms with Gasteiger partial charge in [0.1, 0.15) is 10.9 Å². The number of fused-ring (bicyclic) bond motifs is 1. The standard InChI is InChI=1S/C17H17N3O2S2/c1-3-10-5-4-6-12-11(8-20(15(10)12)9-14(18)21)7-13-16(22)19(2)17(23)24-13/h4-8H,3,9H2,1-2H3,(H2,18,21)/b13-7-. The number of para-hydroxylation sites is 1. The molecule has 2 amide bonds. The van der Waals surface area contributed by atoms with Gasteiger partial charge in [-0.05, 0) is 18.1 Å². The number of thiocarbonyl (C=S) groups is 1. The molecule has 5 nitrogen and oxygen atoms in total. The Labute approximate surface area is 149 Å². The first-order valence-corrected chi connectivity index (χ1v) is 8.75. The Morgan fingerprint density at radius 1 is 1.42 bits per heavy atom. The monoisotopic (exact) mass is 359 g/mol. The number of nitrogens with two attached hydrogens (primary N) is 1. The maximum absolute atomic E-state index is 12.2. The summed E-state index contributed by atoms with van der Waals surface area (Å²) >= 11 is 6.46. The first-order valence-electron chi connectivity index (χ1n) is 7.53. The number of benzene rings is 1. The molecule has 1 saturated heterocycles. The summed E-state index contributed by atoms with van der Waals surface area (Å²) in [6, 6.07) is 6.01. The molecular formula is C17H17N3O2S2. The predicted octanol–water partition coefficient (Wildman–Crippen LogP) is 2.52. The average Bonchev–Trinajstić information content (AvgIpc) is 3.00. The van der Waals surface area contributed by atoms with Crippen molar-refractivity contribution in [3.05, 3.63) is 40.4 Å². The fourth-order valence-electron chi connectivity index (χ4n) is 2.85. The lowest BCUT2D eigenvalue weighted by atomic mass is 10.1. The van der Waals surface area contributed by atoms with E-state index in [0.717, 1.165) is 28.5 Å². The van der Waals surface area contributed by atoms with Gasteiger partial charge in [0.15, 0.2) is 0 Å². The second-order valence-corrected chi connectivity index (χ2v) is 7.26. The number of aryl methyl sites for hydroxylation is 1. The summed E-state index contributed by atoms with van der Waals surface area (Å²) in [5, 5.41) is 0.997. The van der Waals surface area contributed by atoms with Gasteiger partial charge in [0.05, 0.1) is 10.4 Å². The Hall–Kier alpha value is -2.12. The molecule has 0 radical (unpaired) electrons. The zero-order chi connectivity index (χ0) is 17.4. The molecule has 0 saturated carbocycles. The van der Waals surface area contributed by atoms with Gasteiger partial charge in [0, 0.05) is 24.2 Å². The van der Waals surface area contributed by atoms with Crippen molar-refractivity contribution in [3.63, 3.8) is 0 Å². The molecule has 0 unspecified atom stereocenters. The maximum Gasteiger partial charge on any atom is 0.265 e. The number of hydrogen-bond donors (Lipinski definition) is 1. The number of amides is 2. The van der Waals surface area contributed by atoms with Crippen LogP contribution >= 0.6 is 24.0 Å². The number of primary amides is 1. The Morgan fingerprint density at radius 3 is 2.75 bits per heavy atom. The second kappa shape index (κ2) is 6.41. The minimum absolute atomic E-state index is 0.104. The average molecular weight is 359 g/mol. The van der Waals surface area contributed by atoms with Crippen LogP contribution in [0.2, 0.25) is 0 Å². The smallest absolute Gasteiger partial charge is 0.265 e. The zero-order valence-corrected chi connectivity index (χ0v) is 15.0. The number of nitrogens with zero attached hydrogens (tertiary/aromatic N) is 2. The van der Waals surface area contributed by atoms with E-state index in [1.807, 2.05) is 35.0 Å². The largest absolute Gasteiger partial charge is 0.368 e. The topological polar surface area (TPSA) is 68.3 Å².